The van der Waals surface area contributed by atoms with Crippen molar-refractivity contribution in [3.63, 3.8) is 0 Å². The van der Waals surface area contributed by atoms with Crippen molar-refractivity contribution in [2.24, 2.45) is 0 Å². The molecule has 0 fully saturated rings. The molecule has 0 aliphatic rings. The average Bonchev–Trinajstić information content (AvgIpc) is 2.98. The summed E-state index contributed by atoms with van der Waals surface area (Å²) < 4.78 is 0. The van der Waals surface area contributed by atoms with Gasteiger partial charge in [0.15, 0.2) is 0 Å². The molecule has 2 aromatic heterocycles. The Bertz CT molecular complexity index is 588. The van der Waals surface area contributed by atoms with E-state index >= 15 is 0 Å². The lowest BCUT2D eigenvalue weighted by Gasteiger charge is -2.09. The molecule has 112 valence electrons. The normalized spacial score (nSPS) is 10.3. The molecule has 0 saturated carbocycles. The van der Waals surface area contributed by atoms with Crippen LogP contribution in [0, 0.1) is 10.1 Å². The van der Waals surface area contributed by atoms with E-state index in [0.717, 1.165) is 12.8 Å². The first-order chi connectivity index (χ1) is 10.2. The second kappa shape index (κ2) is 7.53. The summed E-state index contributed by atoms with van der Waals surface area (Å²) in [7, 11) is 0. The molecule has 0 saturated heterocycles. The molecule has 0 radical (unpaired) electrons. The molecule has 0 amide bonds. The van der Waals surface area contributed by atoms with E-state index in [1.165, 1.54) is 11.2 Å². The van der Waals surface area contributed by atoms with Gasteiger partial charge in [-0.1, -0.05) is 13.0 Å². The van der Waals surface area contributed by atoms with Crippen molar-refractivity contribution in [2.45, 2.75) is 19.8 Å². The van der Waals surface area contributed by atoms with E-state index in [-0.39, 0.29) is 17.3 Å². The van der Waals surface area contributed by atoms with Crippen molar-refractivity contribution in [2.75, 3.05) is 23.7 Å². The lowest BCUT2D eigenvalue weighted by molar-refractivity contribution is -0.383. The third kappa shape index (κ3) is 4.12. The number of anilines is 2. The zero-order chi connectivity index (χ0) is 15.1. The molecule has 0 aliphatic carbocycles. The molecule has 8 heteroatoms. The lowest BCUT2D eigenvalue weighted by atomic mass is 10.3. The zero-order valence-electron chi connectivity index (χ0n) is 11.7. The second-order valence-electron chi connectivity index (χ2n) is 4.36. The van der Waals surface area contributed by atoms with Crippen LogP contribution in [0.4, 0.5) is 17.3 Å². The van der Waals surface area contributed by atoms with Gasteiger partial charge in [0.25, 0.3) is 0 Å². The third-order valence-corrected chi connectivity index (χ3v) is 3.73. The van der Waals surface area contributed by atoms with Crippen molar-refractivity contribution in [1.29, 1.82) is 0 Å². The Kier molecular flexibility index (Phi) is 5.44. The molecular formula is C13H17N5O2S. The largest absolute Gasteiger partial charge is 0.364 e. The van der Waals surface area contributed by atoms with Crippen LogP contribution in [0.5, 0.6) is 0 Å². The molecule has 2 aromatic rings. The Hall–Kier alpha value is -2.22. The Labute approximate surface area is 126 Å². The summed E-state index contributed by atoms with van der Waals surface area (Å²) in [5, 5.41) is 19.2. The smallest absolute Gasteiger partial charge is 0.353 e. The van der Waals surface area contributed by atoms with Crippen LogP contribution in [-0.4, -0.2) is 28.0 Å². The number of hydrogen-bond acceptors (Lipinski definition) is 7. The highest BCUT2D eigenvalue weighted by atomic mass is 32.1. The quantitative estimate of drug-likeness (QED) is 0.575. The molecule has 7 nitrogen and oxygen atoms in total. The van der Waals surface area contributed by atoms with Crippen LogP contribution >= 0.6 is 11.3 Å². The number of aromatic nitrogens is 2. The van der Waals surface area contributed by atoms with Gasteiger partial charge in [-0.05, 0) is 24.3 Å². The summed E-state index contributed by atoms with van der Waals surface area (Å²) in [6, 6.07) is 4.02. The third-order valence-electron chi connectivity index (χ3n) is 2.79. The van der Waals surface area contributed by atoms with Gasteiger partial charge in [0.05, 0.1) is 4.92 Å². The lowest BCUT2D eigenvalue weighted by Crippen LogP contribution is -2.12. The molecular weight excluding hydrogens is 290 g/mol. The molecule has 0 unspecified atom stereocenters. The van der Waals surface area contributed by atoms with Crippen LogP contribution in [0.3, 0.4) is 0 Å². The predicted octanol–water partition coefficient (Wildman–Crippen LogP) is 2.92. The molecule has 0 aromatic carbocycles. The maximum absolute atomic E-state index is 11.2. The van der Waals surface area contributed by atoms with E-state index in [4.69, 9.17) is 0 Å². The summed E-state index contributed by atoms with van der Waals surface area (Å²) >= 11 is 1.66. The monoisotopic (exact) mass is 307 g/mol. The molecule has 0 atom stereocenters. The number of thiophene rings is 1. The summed E-state index contributed by atoms with van der Waals surface area (Å²) in [5.74, 6) is 0.514. The number of rotatable bonds is 8. The number of nitrogens with one attached hydrogen (secondary N) is 2. The Morgan fingerprint density at radius 3 is 2.57 bits per heavy atom. The van der Waals surface area contributed by atoms with Gasteiger partial charge >= 0.3 is 5.69 Å². The maximum Gasteiger partial charge on any atom is 0.353 e. The van der Waals surface area contributed by atoms with Crippen molar-refractivity contribution < 1.29 is 4.92 Å². The van der Waals surface area contributed by atoms with Crippen molar-refractivity contribution >= 4 is 28.7 Å². The van der Waals surface area contributed by atoms with Crippen molar-refractivity contribution in [3.05, 3.63) is 38.8 Å². The van der Waals surface area contributed by atoms with Gasteiger partial charge in [-0.25, -0.2) is 9.97 Å². The fraction of sp³-hybridized carbons (Fsp3) is 0.385. The highest BCUT2D eigenvalue weighted by molar-refractivity contribution is 7.09. The highest BCUT2D eigenvalue weighted by Gasteiger charge is 2.22. The van der Waals surface area contributed by atoms with E-state index in [2.05, 4.69) is 20.6 Å². The molecule has 0 aliphatic heterocycles. The van der Waals surface area contributed by atoms with Gasteiger partial charge in [-0.3, -0.25) is 10.1 Å². The standard InChI is InChI=1S/C13H17N5O2S/c1-2-6-14-12-11(18(19)20)13(17-9-16-12)15-7-5-10-4-3-8-21-10/h3-4,8-9H,2,5-7H2,1H3,(H2,14,15,16,17). The molecule has 2 heterocycles. The van der Waals surface area contributed by atoms with Crippen molar-refractivity contribution in [3.8, 4) is 0 Å². The molecule has 0 bridgehead atoms. The molecule has 0 spiro atoms. The number of nitro groups is 1. The average molecular weight is 307 g/mol. The molecule has 2 N–H and O–H groups in total. The van der Waals surface area contributed by atoms with Gasteiger partial charge < -0.3 is 10.6 Å². The predicted molar refractivity (Wildman–Crippen MR) is 84.0 cm³/mol. The summed E-state index contributed by atoms with van der Waals surface area (Å²) in [6.45, 7) is 3.21. The Morgan fingerprint density at radius 1 is 1.29 bits per heavy atom. The minimum absolute atomic E-state index is 0.0999. The summed E-state index contributed by atoms with van der Waals surface area (Å²) in [4.78, 5) is 20.0. The van der Waals surface area contributed by atoms with Gasteiger partial charge in [-0.2, -0.15) is 0 Å². The van der Waals surface area contributed by atoms with E-state index in [1.807, 2.05) is 24.4 Å². The van der Waals surface area contributed by atoms with Crippen molar-refractivity contribution in [1.82, 2.24) is 9.97 Å². The SMILES string of the molecule is CCCNc1ncnc(NCCc2cccs2)c1[N+](=O)[O-]. The van der Waals surface area contributed by atoms with E-state index < -0.39 is 4.92 Å². The van der Waals surface area contributed by atoms with E-state index in [0.29, 0.717) is 13.1 Å². The first-order valence-electron chi connectivity index (χ1n) is 6.72. The zero-order valence-corrected chi connectivity index (χ0v) is 12.5. The van der Waals surface area contributed by atoms with Crippen LogP contribution in [0.15, 0.2) is 23.8 Å². The highest BCUT2D eigenvalue weighted by Crippen LogP contribution is 2.28. The Balaban J connectivity index is 2.08. The second-order valence-corrected chi connectivity index (χ2v) is 5.39. The van der Waals surface area contributed by atoms with Crippen LogP contribution in [0.2, 0.25) is 0 Å². The molecule has 21 heavy (non-hydrogen) atoms. The fourth-order valence-electron chi connectivity index (χ4n) is 1.81. The maximum atomic E-state index is 11.2. The minimum Gasteiger partial charge on any atom is -0.364 e. The first kappa shape index (κ1) is 15.2. The topological polar surface area (TPSA) is 93.0 Å². The van der Waals surface area contributed by atoms with E-state index in [9.17, 15) is 10.1 Å². The van der Waals surface area contributed by atoms with Crippen LogP contribution in [-0.2, 0) is 6.42 Å². The van der Waals surface area contributed by atoms with Gasteiger partial charge in [0, 0.05) is 18.0 Å². The minimum atomic E-state index is -0.453. The number of nitrogens with zero attached hydrogens (tertiary/aromatic N) is 3. The first-order valence-corrected chi connectivity index (χ1v) is 7.59. The van der Waals surface area contributed by atoms with Crippen LogP contribution < -0.4 is 10.6 Å². The molecule has 2 rings (SSSR count). The van der Waals surface area contributed by atoms with Crippen LogP contribution in [0.25, 0.3) is 0 Å². The summed E-state index contributed by atoms with van der Waals surface area (Å²) in [6.07, 6.45) is 3.00. The van der Waals surface area contributed by atoms with Gasteiger partial charge in [0.2, 0.25) is 11.6 Å². The fourth-order valence-corrected chi connectivity index (χ4v) is 2.52. The summed E-state index contributed by atoms with van der Waals surface area (Å²) in [5.41, 5.74) is -0.0999. The number of hydrogen-bond donors (Lipinski definition) is 2. The van der Waals surface area contributed by atoms with Gasteiger partial charge in [0.1, 0.15) is 6.33 Å². The van der Waals surface area contributed by atoms with Crippen LogP contribution in [0.1, 0.15) is 18.2 Å². The Morgan fingerprint density at radius 2 is 2.00 bits per heavy atom. The van der Waals surface area contributed by atoms with Gasteiger partial charge in [-0.15, -0.1) is 11.3 Å². The van der Waals surface area contributed by atoms with E-state index in [1.54, 1.807) is 11.3 Å².